The van der Waals surface area contributed by atoms with Gasteiger partial charge in [-0.15, -0.1) is 0 Å². The van der Waals surface area contributed by atoms with Crippen LogP contribution in [0.5, 0.6) is 0 Å². The molecule has 0 bridgehead atoms. The monoisotopic (exact) mass is 303 g/mol. The van der Waals surface area contributed by atoms with Crippen LogP contribution in [0.2, 0.25) is 0 Å². The molecule has 0 aliphatic carbocycles. The van der Waals surface area contributed by atoms with Gasteiger partial charge in [0.05, 0.1) is 6.04 Å². The van der Waals surface area contributed by atoms with Gasteiger partial charge in [0.25, 0.3) is 0 Å². The fourth-order valence-electron chi connectivity index (χ4n) is 3.49. The van der Waals surface area contributed by atoms with Gasteiger partial charge in [0, 0.05) is 38.1 Å². The summed E-state index contributed by atoms with van der Waals surface area (Å²) in [5, 5.41) is 0. The summed E-state index contributed by atoms with van der Waals surface area (Å²) in [4.78, 5) is 20.7. The summed E-state index contributed by atoms with van der Waals surface area (Å²) in [5.74, 6) is 0.444. The molecule has 120 valence electrons. The van der Waals surface area contributed by atoms with E-state index in [-0.39, 0.29) is 12.1 Å². The van der Waals surface area contributed by atoms with Gasteiger partial charge in [-0.1, -0.05) is 19.9 Å². The average molecular weight is 303 g/mol. The number of piperidine rings is 1. The summed E-state index contributed by atoms with van der Waals surface area (Å²) in [6.45, 7) is 7.86. The van der Waals surface area contributed by atoms with Crippen molar-refractivity contribution in [1.82, 2.24) is 14.8 Å². The van der Waals surface area contributed by atoms with E-state index in [1.54, 1.807) is 6.20 Å². The van der Waals surface area contributed by atoms with Crippen LogP contribution in [0.25, 0.3) is 0 Å². The van der Waals surface area contributed by atoms with E-state index in [2.05, 4.69) is 29.8 Å². The van der Waals surface area contributed by atoms with Crippen molar-refractivity contribution in [3.63, 3.8) is 0 Å². The maximum atomic E-state index is 12.0. The molecule has 3 rings (SSSR count). The maximum Gasteiger partial charge on any atom is 0.410 e. The molecular weight excluding hydrogens is 278 g/mol. The second kappa shape index (κ2) is 6.65. The van der Waals surface area contributed by atoms with Crippen LogP contribution in [0.15, 0.2) is 24.5 Å². The van der Waals surface area contributed by atoms with Crippen molar-refractivity contribution >= 4 is 6.09 Å². The number of hydrogen-bond donors (Lipinski definition) is 0. The number of amides is 1. The standard InChI is InChI=1S/C17H25N3O2/c1-13(2)16-12-22-17(21)20(16)15-5-8-19(9-6-15)11-14-4-3-7-18-10-14/h3-4,7,10,13,15-16H,5-6,8-9,11-12H2,1-2H3. The molecule has 2 aliphatic heterocycles. The van der Waals surface area contributed by atoms with Crippen LogP contribution >= 0.6 is 0 Å². The van der Waals surface area contributed by atoms with Crippen LogP contribution in [0.4, 0.5) is 4.79 Å². The third-order valence-corrected chi connectivity index (χ3v) is 4.79. The lowest BCUT2D eigenvalue weighted by molar-refractivity contribution is 0.0955. The zero-order chi connectivity index (χ0) is 15.5. The Morgan fingerprint density at radius 2 is 2.14 bits per heavy atom. The lowest BCUT2D eigenvalue weighted by Gasteiger charge is -2.38. The van der Waals surface area contributed by atoms with Crippen molar-refractivity contribution in [3.8, 4) is 0 Å². The van der Waals surface area contributed by atoms with Crippen LogP contribution in [0.1, 0.15) is 32.3 Å². The van der Waals surface area contributed by atoms with E-state index in [9.17, 15) is 4.79 Å². The highest BCUT2D eigenvalue weighted by molar-refractivity contribution is 5.70. The zero-order valence-corrected chi connectivity index (χ0v) is 13.4. The van der Waals surface area contributed by atoms with Gasteiger partial charge in [0.2, 0.25) is 0 Å². The van der Waals surface area contributed by atoms with Gasteiger partial charge in [-0.2, -0.15) is 0 Å². The molecule has 1 amide bonds. The van der Waals surface area contributed by atoms with Crippen LogP contribution < -0.4 is 0 Å². The number of pyridine rings is 1. The highest BCUT2D eigenvalue weighted by Gasteiger charge is 2.40. The Balaban J connectivity index is 1.56. The predicted octanol–water partition coefficient (Wildman–Crippen LogP) is 2.52. The van der Waals surface area contributed by atoms with Crippen LogP contribution in [-0.2, 0) is 11.3 Å². The molecule has 0 aromatic carbocycles. The normalized spacial score (nSPS) is 24.0. The van der Waals surface area contributed by atoms with Crippen molar-refractivity contribution in [2.24, 2.45) is 5.92 Å². The quantitative estimate of drug-likeness (QED) is 0.857. The summed E-state index contributed by atoms with van der Waals surface area (Å²) >= 11 is 0. The van der Waals surface area contributed by atoms with E-state index in [4.69, 9.17) is 4.74 Å². The predicted molar refractivity (Wildman–Crippen MR) is 84.3 cm³/mol. The smallest absolute Gasteiger partial charge is 0.410 e. The number of rotatable bonds is 4. The Morgan fingerprint density at radius 1 is 1.36 bits per heavy atom. The van der Waals surface area contributed by atoms with E-state index in [0.29, 0.717) is 18.6 Å². The molecule has 0 spiro atoms. The molecule has 5 nitrogen and oxygen atoms in total. The first-order valence-electron chi connectivity index (χ1n) is 8.21. The van der Waals surface area contributed by atoms with Crippen LogP contribution in [-0.4, -0.2) is 52.7 Å². The number of cyclic esters (lactones) is 1. The molecule has 1 aromatic heterocycles. The lowest BCUT2D eigenvalue weighted by Crippen LogP contribution is -2.49. The van der Waals surface area contributed by atoms with Gasteiger partial charge in [0.15, 0.2) is 0 Å². The van der Waals surface area contributed by atoms with Gasteiger partial charge in [-0.05, 0) is 30.4 Å². The van der Waals surface area contributed by atoms with Crippen molar-refractivity contribution in [2.75, 3.05) is 19.7 Å². The fourth-order valence-corrected chi connectivity index (χ4v) is 3.49. The Morgan fingerprint density at radius 3 is 2.77 bits per heavy atom. The number of hydrogen-bond acceptors (Lipinski definition) is 4. The molecule has 1 unspecified atom stereocenters. The average Bonchev–Trinajstić information content (AvgIpc) is 2.91. The highest BCUT2D eigenvalue weighted by atomic mass is 16.6. The molecule has 1 atom stereocenters. The van der Waals surface area contributed by atoms with Crippen molar-refractivity contribution in [3.05, 3.63) is 30.1 Å². The number of ether oxygens (including phenoxy) is 1. The molecule has 0 saturated carbocycles. The van der Waals surface area contributed by atoms with Gasteiger partial charge >= 0.3 is 6.09 Å². The summed E-state index contributed by atoms with van der Waals surface area (Å²) in [6.07, 6.45) is 5.67. The molecule has 0 radical (unpaired) electrons. The largest absolute Gasteiger partial charge is 0.447 e. The summed E-state index contributed by atoms with van der Waals surface area (Å²) in [7, 11) is 0. The van der Waals surface area contributed by atoms with Crippen LogP contribution in [0.3, 0.4) is 0 Å². The molecular formula is C17H25N3O2. The Hall–Kier alpha value is -1.62. The van der Waals surface area contributed by atoms with Crippen molar-refractivity contribution < 1.29 is 9.53 Å². The molecule has 22 heavy (non-hydrogen) atoms. The van der Waals surface area contributed by atoms with Gasteiger partial charge in [-0.3, -0.25) is 14.8 Å². The van der Waals surface area contributed by atoms with Gasteiger partial charge < -0.3 is 4.74 Å². The topological polar surface area (TPSA) is 45.7 Å². The second-order valence-electron chi connectivity index (χ2n) is 6.66. The third-order valence-electron chi connectivity index (χ3n) is 4.79. The minimum atomic E-state index is -0.121. The molecule has 0 N–H and O–H groups in total. The van der Waals surface area contributed by atoms with Crippen LogP contribution in [0, 0.1) is 5.92 Å². The van der Waals surface area contributed by atoms with E-state index in [1.807, 2.05) is 17.2 Å². The number of aromatic nitrogens is 1. The summed E-state index contributed by atoms with van der Waals surface area (Å²) < 4.78 is 5.28. The molecule has 1 aromatic rings. The third kappa shape index (κ3) is 3.24. The summed E-state index contributed by atoms with van der Waals surface area (Å²) in [6, 6.07) is 4.66. The number of nitrogens with zero attached hydrogens (tertiary/aromatic N) is 3. The van der Waals surface area contributed by atoms with Gasteiger partial charge in [0.1, 0.15) is 6.61 Å². The van der Waals surface area contributed by atoms with Crippen molar-refractivity contribution in [1.29, 1.82) is 0 Å². The molecule has 5 heteroatoms. The SMILES string of the molecule is CC(C)C1COC(=O)N1C1CCN(Cc2cccnc2)CC1. The van der Waals surface area contributed by atoms with E-state index >= 15 is 0 Å². The Kier molecular flexibility index (Phi) is 4.62. The first-order chi connectivity index (χ1) is 10.6. The van der Waals surface area contributed by atoms with E-state index < -0.39 is 0 Å². The number of likely N-dealkylation sites (tertiary alicyclic amines) is 1. The van der Waals surface area contributed by atoms with E-state index in [0.717, 1.165) is 32.5 Å². The molecule has 3 heterocycles. The van der Waals surface area contributed by atoms with Gasteiger partial charge in [-0.25, -0.2) is 4.79 Å². The van der Waals surface area contributed by atoms with Crippen molar-refractivity contribution in [2.45, 2.75) is 45.3 Å². The molecule has 2 aliphatic rings. The fraction of sp³-hybridized carbons (Fsp3) is 0.647. The zero-order valence-electron chi connectivity index (χ0n) is 13.4. The highest BCUT2D eigenvalue weighted by Crippen LogP contribution is 2.27. The first kappa shape index (κ1) is 15.3. The second-order valence-corrected chi connectivity index (χ2v) is 6.66. The van der Waals surface area contributed by atoms with E-state index in [1.165, 1.54) is 5.56 Å². The lowest BCUT2D eigenvalue weighted by atomic mass is 9.97. The minimum Gasteiger partial charge on any atom is -0.447 e. The number of carbonyl (C=O) groups excluding carboxylic acids is 1. The first-order valence-corrected chi connectivity index (χ1v) is 8.21. The molecule has 2 fully saturated rings. The summed E-state index contributed by atoms with van der Waals surface area (Å²) in [5.41, 5.74) is 1.25. The maximum absolute atomic E-state index is 12.0. The Bertz CT molecular complexity index is 498. The number of carbonyl (C=O) groups is 1. The minimum absolute atomic E-state index is 0.121. The molecule has 2 saturated heterocycles. The Labute approximate surface area is 132 Å².